The first-order valence-electron chi connectivity index (χ1n) is 41.7. The molecule has 0 spiro atoms. The number of aliphatic hydroxyl groups excluding tert-OH is 4. The molecular formula is C88H158N4O6S2. The van der Waals surface area contributed by atoms with Crippen molar-refractivity contribution < 1.29 is 30.0 Å². The maximum atomic E-state index is 12.9. The molecule has 578 valence electrons. The maximum absolute atomic E-state index is 12.9. The zero-order chi connectivity index (χ0) is 72.2. The molecular weight excluding hydrogens is 1270 g/mol. The van der Waals surface area contributed by atoms with Crippen LogP contribution in [0.4, 0.5) is 0 Å². The Bertz CT molecular complexity index is 1940. The molecule has 0 aliphatic carbocycles. The fourth-order valence-electron chi connectivity index (χ4n) is 12.6. The maximum Gasteiger partial charge on any atom is 0.305 e. The summed E-state index contributed by atoms with van der Waals surface area (Å²) in [7, 11) is 3.92. The molecule has 1 heterocycles. The number of esters is 1. The largest absolute Gasteiger partial charge is 0.464 e. The van der Waals surface area contributed by atoms with E-state index in [1.807, 2.05) is 21.6 Å². The predicted octanol–water partition coefficient (Wildman–Crippen LogP) is 22.4. The summed E-state index contributed by atoms with van der Waals surface area (Å²) in [6, 6.07) is 0. The Labute approximate surface area is 626 Å². The molecule has 1 rings (SSSR count). The molecule has 0 saturated carbocycles. The summed E-state index contributed by atoms with van der Waals surface area (Å²) >= 11 is 0. The molecule has 12 heteroatoms. The average molecular weight is 1430 g/mol. The van der Waals surface area contributed by atoms with E-state index >= 15 is 0 Å². The van der Waals surface area contributed by atoms with E-state index in [-0.39, 0.29) is 18.2 Å². The number of hydrogen-bond acceptors (Lipinski definition) is 12. The van der Waals surface area contributed by atoms with Crippen molar-refractivity contribution in [2.24, 2.45) is 0 Å². The molecule has 1 aliphatic rings. The van der Waals surface area contributed by atoms with Crippen LogP contribution in [0.25, 0.3) is 0 Å². The molecule has 4 N–H and O–H groups in total. The number of carbonyl (C=O) groups excluding carboxylic acids is 1. The number of piperazine rings is 1. The molecule has 0 aromatic heterocycles. The topological polar surface area (TPSA) is 120 Å². The summed E-state index contributed by atoms with van der Waals surface area (Å²) < 4.78 is 5.76. The molecule has 1 fully saturated rings. The number of rotatable bonds is 74. The van der Waals surface area contributed by atoms with Crippen LogP contribution in [-0.4, -0.2) is 167 Å². The van der Waals surface area contributed by atoms with Crippen molar-refractivity contribution in [1.82, 2.24) is 19.6 Å². The molecule has 0 radical (unpaired) electrons. The van der Waals surface area contributed by atoms with Gasteiger partial charge in [0.05, 0.1) is 24.4 Å². The van der Waals surface area contributed by atoms with Crippen LogP contribution in [0.2, 0.25) is 0 Å². The van der Waals surface area contributed by atoms with E-state index in [2.05, 4.69) is 169 Å². The molecule has 4 atom stereocenters. The fourth-order valence-corrected chi connectivity index (χ4v) is 14.7. The third kappa shape index (κ3) is 69.6. The summed E-state index contributed by atoms with van der Waals surface area (Å²) in [5.74, 6) is 2.02. The fraction of sp³-hybridized carbons (Fsp3) is 0.761. The minimum Gasteiger partial charge on any atom is -0.464 e. The molecule has 0 aromatic rings. The lowest BCUT2D eigenvalue weighted by molar-refractivity contribution is -0.144. The van der Waals surface area contributed by atoms with Gasteiger partial charge in [-0.05, 0) is 186 Å². The van der Waals surface area contributed by atoms with Crippen LogP contribution in [0.3, 0.4) is 0 Å². The third-order valence-corrected chi connectivity index (χ3v) is 21.2. The van der Waals surface area contributed by atoms with Crippen molar-refractivity contribution in [2.75, 3.05) is 96.6 Å². The van der Waals surface area contributed by atoms with Gasteiger partial charge in [-0.15, -0.1) is 0 Å². The lowest BCUT2D eigenvalue weighted by atomic mass is 10.1. The summed E-state index contributed by atoms with van der Waals surface area (Å²) in [4.78, 5) is 22.5. The van der Waals surface area contributed by atoms with E-state index in [1.165, 1.54) is 103 Å². The molecule has 4 unspecified atom stereocenters. The van der Waals surface area contributed by atoms with Crippen LogP contribution in [0.5, 0.6) is 0 Å². The lowest BCUT2D eigenvalue weighted by Gasteiger charge is -2.34. The van der Waals surface area contributed by atoms with Crippen molar-refractivity contribution in [3.8, 4) is 0 Å². The number of allylic oxidation sites excluding steroid dienone is 20. The number of unbranched alkanes of at least 4 members (excludes halogenated alkanes) is 23. The van der Waals surface area contributed by atoms with Gasteiger partial charge in [0, 0.05) is 83.4 Å². The second-order valence-electron chi connectivity index (χ2n) is 28.4. The quantitative estimate of drug-likeness (QED) is 0.0201. The highest BCUT2D eigenvalue weighted by molar-refractivity contribution is 8.76. The predicted molar refractivity (Wildman–Crippen MR) is 443 cm³/mol. The smallest absolute Gasteiger partial charge is 0.305 e. The molecule has 0 aromatic carbocycles. The number of ether oxygens (including phenoxy) is 1. The van der Waals surface area contributed by atoms with Crippen LogP contribution in [0.15, 0.2) is 122 Å². The summed E-state index contributed by atoms with van der Waals surface area (Å²) in [5.41, 5.74) is 0. The van der Waals surface area contributed by atoms with Crippen LogP contribution >= 0.6 is 21.6 Å². The highest BCUT2D eigenvalue weighted by atomic mass is 33.1. The SMILES string of the molecule is CC/C=C\C/C=C\C/C=C\CCCCCCC(O)CN(CCCSSCCN1CCN(CCOC(=O)CCCCN(CC(O)CCCCCC/C=C\C/C=C\CCCCC)CC(O)CCCCCC/C=C\C/C=C\CCCCC)CC1)CC(O)CCCCCC/C=C\C/C=C\C/C=C\CC. The molecule has 0 bridgehead atoms. The normalized spacial score (nSPS) is 15.3. The Morgan fingerprint density at radius 1 is 0.350 bits per heavy atom. The Morgan fingerprint density at radius 2 is 0.650 bits per heavy atom. The Morgan fingerprint density at radius 3 is 1.00 bits per heavy atom. The number of carbonyl (C=O) groups is 1. The van der Waals surface area contributed by atoms with Gasteiger partial charge in [-0.25, -0.2) is 0 Å². The van der Waals surface area contributed by atoms with Crippen molar-refractivity contribution in [1.29, 1.82) is 0 Å². The second-order valence-corrected chi connectivity index (χ2v) is 31.1. The summed E-state index contributed by atoms with van der Waals surface area (Å²) in [6.45, 7) is 19.2. The number of hydrogen-bond donors (Lipinski definition) is 4. The Hall–Kier alpha value is -2.75. The molecule has 1 aliphatic heterocycles. The van der Waals surface area contributed by atoms with Crippen LogP contribution in [0.1, 0.15) is 310 Å². The number of nitrogens with zero attached hydrogens (tertiary/aromatic N) is 4. The van der Waals surface area contributed by atoms with Gasteiger partial charge in [0.2, 0.25) is 0 Å². The third-order valence-electron chi connectivity index (χ3n) is 18.7. The first-order valence-corrected chi connectivity index (χ1v) is 44.2. The highest BCUT2D eigenvalue weighted by Gasteiger charge is 2.20. The Balaban J connectivity index is 2.48. The van der Waals surface area contributed by atoms with Gasteiger partial charge in [0.25, 0.3) is 0 Å². The van der Waals surface area contributed by atoms with Crippen molar-refractivity contribution in [3.63, 3.8) is 0 Å². The molecule has 1 saturated heterocycles. The molecule has 100 heavy (non-hydrogen) atoms. The molecule has 0 amide bonds. The van der Waals surface area contributed by atoms with E-state index in [4.69, 9.17) is 4.74 Å². The van der Waals surface area contributed by atoms with Crippen molar-refractivity contribution in [3.05, 3.63) is 122 Å². The van der Waals surface area contributed by atoms with Crippen molar-refractivity contribution >= 4 is 27.6 Å². The average Bonchev–Trinajstić information content (AvgIpc) is 1.79. The van der Waals surface area contributed by atoms with Gasteiger partial charge >= 0.3 is 5.97 Å². The summed E-state index contributed by atoms with van der Waals surface area (Å²) in [5, 5.41) is 44.8. The van der Waals surface area contributed by atoms with Gasteiger partial charge in [-0.3, -0.25) is 24.4 Å². The minimum atomic E-state index is -0.417. The zero-order valence-electron chi connectivity index (χ0n) is 65.3. The van der Waals surface area contributed by atoms with E-state index < -0.39 is 12.2 Å². The van der Waals surface area contributed by atoms with Crippen LogP contribution < -0.4 is 0 Å². The van der Waals surface area contributed by atoms with Crippen LogP contribution in [0, 0.1) is 0 Å². The van der Waals surface area contributed by atoms with Crippen LogP contribution in [-0.2, 0) is 9.53 Å². The first-order chi connectivity index (χ1) is 49.2. The van der Waals surface area contributed by atoms with E-state index in [9.17, 15) is 25.2 Å². The van der Waals surface area contributed by atoms with E-state index in [0.29, 0.717) is 39.2 Å². The highest BCUT2D eigenvalue weighted by Crippen LogP contribution is 2.23. The zero-order valence-corrected chi connectivity index (χ0v) is 66.9. The minimum absolute atomic E-state index is 0.129. The van der Waals surface area contributed by atoms with Gasteiger partial charge in [0.1, 0.15) is 6.61 Å². The lowest BCUT2D eigenvalue weighted by Crippen LogP contribution is -2.47. The number of aliphatic hydroxyl groups is 4. The first kappa shape index (κ1) is 95.3. The standard InChI is InChI=1S/C88H158N4O6S2/c1-5-9-13-17-21-25-29-33-37-41-45-49-53-57-64-84(93)80-91(81-85(94)65-58-54-50-46-42-38-34-30-26-22-18-14-10-6-2)69-62-61-68-88(97)98-77-75-89-71-73-90(74-72-89)76-79-100-99-78-63-70-92(82-86(95)66-59-55-51-47-43-39-35-31-27-23-19-15-11-7-3)83-87(96)67-60-56-52-48-44-40-36-32-28-24-20-16-12-8-4/h11-12,15-16,21-28,33-40,84-87,93-96H,5-10,13-14,17-20,29-32,41-83H2,1-4H3/b15-11-,16-12-,25-21-,26-22-,27-23-,28-24-,37-33-,38-34-,39-35-,40-36-. The van der Waals surface area contributed by atoms with Gasteiger partial charge in [-0.1, -0.05) is 274 Å². The van der Waals surface area contributed by atoms with E-state index in [1.54, 1.807) is 0 Å². The Kier molecular flexibility index (Phi) is 73.7. The summed E-state index contributed by atoms with van der Waals surface area (Å²) in [6.07, 6.45) is 91.5. The molecule has 10 nitrogen and oxygen atoms in total. The van der Waals surface area contributed by atoms with E-state index in [0.717, 1.165) is 237 Å². The van der Waals surface area contributed by atoms with Gasteiger partial charge in [-0.2, -0.15) is 0 Å². The van der Waals surface area contributed by atoms with Gasteiger partial charge < -0.3 is 25.2 Å². The van der Waals surface area contributed by atoms with Crippen molar-refractivity contribution in [2.45, 2.75) is 335 Å². The second kappa shape index (κ2) is 77.4. The van der Waals surface area contributed by atoms with Gasteiger partial charge in [0.15, 0.2) is 0 Å². The monoisotopic (exact) mass is 1430 g/mol.